The summed E-state index contributed by atoms with van der Waals surface area (Å²) in [4.78, 5) is 30.1. The van der Waals surface area contributed by atoms with Crippen LogP contribution in [0.15, 0.2) is 78.9 Å². The van der Waals surface area contributed by atoms with Crippen LogP contribution in [0.4, 0.5) is 11.4 Å². The number of carbonyl (C=O) groups is 2. The fraction of sp³-hybridized carbons (Fsp3) is 0.355. The largest absolute Gasteiger partial charge is 0.377 e. The lowest BCUT2D eigenvalue weighted by molar-refractivity contribution is -0.142. The Morgan fingerprint density at radius 1 is 0.919 bits per heavy atom. The van der Waals surface area contributed by atoms with Crippen LogP contribution in [0.25, 0.3) is 0 Å². The number of nitrogens with zero attached hydrogens (tertiary/aromatic N) is 2. The second-order valence-electron chi connectivity index (χ2n) is 10.5. The highest BCUT2D eigenvalue weighted by Gasteiger charge is 2.31. The number of anilines is 2. The Bertz CT molecular complexity index is 1170. The number of ether oxygens (including phenoxy) is 1. The van der Waals surface area contributed by atoms with Crippen molar-refractivity contribution in [2.24, 2.45) is 5.41 Å². The molecule has 0 bridgehead atoms. The van der Waals surface area contributed by atoms with Crippen LogP contribution in [0.1, 0.15) is 50.4 Å². The molecule has 0 fully saturated rings. The van der Waals surface area contributed by atoms with Crippen LogP contribution in [0.5, 0.6) is 0 Å². The maximum Gasteiger partial charge on any atom is 0.250 e. The van der Waals surface area contributed by atoms with E-state index in [0.717, 1.165) is 22.4 Å². The fourth-order valence-electron chi connectivity index (χ4n) is 4.17. The molecule has 0 heterocycles. The molecular weight excluding hydrogens is 462 g/mol. The summed E-state index contributed by atoms with van der Waals surface area (Å²) < 4.78 is 5.59. The Morgan fingerprint density at radius 3 is 2.14 bits per heavy atom. The average Bonchev–Trinajstić information content (AvgIpc) is 2.87. The van der Waals surface area contributed by atoms with Gasteiger partial charge in [-0.2, -0.15) is 0 Å². The van der Waals surface area contributed by atoms with Gasteiger partial charge in [0.25, 0.3) is 0 Å². The van der Waals surface area contributed by atoms with Crippen molar-refractivity contribution in [1.82, 2.24) is 4.90 Å². The van der Waals surface area contributed by atoms with Crippen LogP contribution < -0.4 is 10.2 Å². The van der Waals surface area contributed by atoms with Gasteiger partial charge < -0.3 is 19.9 Å². The van der Waals surface area contributed by atoms with Crippen molar-refractivity contribution >= 4 is 23.2 Å². The van der Waals surface area contributed by atoms with Gasteiger partial charge in [0, 0.05) is 37.4 Å². The van der Waals surface area contributed by atoms with Gasteiger partial charge in [-0.25, -0.2) is 0 Å². The molecule has 196 valence electrons. The number of nitrogens with one attached hydrogen (secondary N) is 1. The highest BCUT2D eigenvalue weighted by molar-refractivity contribution is 5.92. The Labute approximate surface area is 221 Å². The Balaban J connectivity index is 1.80. The predicted octanol–water partition coefficient (Wildman–Crippen LogP) is 6.04. The maximum atomic E-state index is 13.6. The second kappa shape index (κ2) is 12.5. The first kappa shape index (κ1) is 27.9. The van der Waals surface area contributed by atoms with Gasteiger partial charge in [-0.05, 0) is 41.8 Å². The molecular formula is C31H39N3O3. The summed E-state index contributed by atoms with van der Waals surface area (Å²) >= 11 is 0. The zero-order valence-corrected chi connectivity index (χ0v) is 22.8. The van der Waals surface area contributed by atoms with Gasteiger partial charge in [-0.15, -0.1) is 0 Å². The van der Waals surface area contributed by atoms with Crippen LogP contribution in [0.2, 0.25) is 0 Å². The molecule has 2 amide bonds. The number of carbonyl (C=O) groups excluding carboxylic acids is 2. The lowest BCUT2D eigenvalue weighted by atomic mass is 9.92. The molecule has 0 aromatic heterocycles. The third-order valence-corrected chi connectivity index (χ3v) is 6.18. The minimum Gasteiger partial charge on any atom is -0.377 e. The zero-order chi connectivity index (χ0) is 27.0. The summed E-state index contributed by atoms with van der Waals surface area (Å²) in [5, 5.41) is 2.94. The minimum atomic E-state index is -0.538. The molecule has 0 aliphatic carbocycles. The van der Waals surface area contributed by atoms with Crippen molar-refractivity contribution < 1.29 is 14.3 Å². The summed E-state index contributed by atoms with van der Waals surface area (Å²) in [5.41, 5.74) is 4.17. The molecule has 0 aliphatic heterocycles. The molecule has 6 heteroatoms. The van der Waals surface area contributed by atoms with Crippen LogP contribution in [-0.4, -0.2) is 37.4 Å². The molecule has 0 unspecified atom stereocenters. The maximum absolute atomic E-state index is 13.6. The van der Waals surface area contributed by atoms with E-state index in [9.17, 15) is 9.59 Å². The van der Waals surface area contributed by atoms with Crippen molar-refractivity contribution in [2.45, 2.75) is 46.9 Å². The highest BCUT2D eigenvalue weighted by Crippen LogP contribution is 2.32. The van der Waals surface area contributed by atoms with E-state index in [2.05, 4.69) is 12.2 Å². The van der Waals surface area contributed by atoms with Crippen LogP contribution >= 0.6 is 0 Å². The van der Waals surface area contributed by atoms with E-state index in [4.69, 9.17) is 4.74 Å². The SMILES string of the molecule is C[C@H](c1ccccc1)N(Cc1cc(NC(=O)COCc2ccccc2)ccc1N(C)C)C(=O)C(C)(C)C. The number of benzene rings is 3. The number of hydrogen-bond donors (Lipinski definition) is 1. The molecule has 0 radical (unpaired) electrons. The van der Waals surface area contributed by atoms with Crippen molar-refractivity contribution in [1.29, 1.82) is 0 Å². The van der Waals surface area contributed by atoms with Gasteiger partial charge in [0.2, 0.25) is 11.8 Å². The molecule has 37 heavy (non-hydrogen) atoms. The first-order valence-corrected chi connectivity index (χ1v) is 12.6. The van der Waals surface area contributed by atoms with E-state index in [1.54, 1.807) is 0 Å². The molecule has 3 rings (SSSR count). The molecule has 3 aromatic carbocycles. The van der Waals surface area contributed by atoms with E-state index < -0.39 is 5.41 Å². The van der Waals surface area contributed by atoms with E-state index in [0.29, 0.717) is 18.8 Å². The van der Waals surface area contributed by atoms with Gasteiger partial charge in [0.1, 0.15) is 6.61 Å². The van der Waals surface area contributed by atoms with E-state index >= 15 is 0 Å². The van der Waals surface area contributed by atoms with Crippen molar-refractivity contribution in [3.05, 3.63) is 95.6 Å². The van der Waals surface area contributed by atoms with Crippen molar-refractivity contribution in [3.63, 3.8) is 0 Å². The lowest BCUT2D eigenvalue weighted by Gasteiger charge is -2.35. The molecule has 3 aromatic rings. The predicted molar refractivity (Wildman–Crippen MR) is 150 cm³/mol. The average molecular weight is 502 g/mol. The molecule has 1 N–H and O–H groups in total. The normalized spacial score (nSPS) is 12.1. The van der Waals surface area contributed by atoms with Gasteiger partial charge in [-0.3, -0.25) is 9.59 Å². The minimum absolute atomic E-state index is 0.0423. The summed E-state index contributed by atoms with van der Waals surface area (Å²) in [7, 11) is 3.95. The summed E-state index contributed by atoms with van der Waals surface area (Å²) in [6.07, 6.45) is 0. The standard InChI is InChI=1S/C31H39N3O3/c1-23(25-15-11-8-12-16-25)34(30(36)31(2,3)4)20-26-19-27(17-18-28(26)33(5)6)32-29(35)22-37-21-24-13-9-7-10-14-24/h7-19,23H,20-22H2,1-6H3,(H,32,35)/t23-/m1/s1. The van der Waals surface area contributed by atoms with Crippen LogP contribution in [0, 0.1) is 5.41 Å². The molecule has 0 saturated carbocycles. The number of rotatable bonds is 10. The second-order valence-corrected chi connectivity index (χ2v) is 10.5. The van der Waals surface area contributed by atoms with Gasteiger partial charge in [0.15, 0.2) is 0 Å². The molecule has 0 aliphatic rings. The van der Waals surface area contributed by atoms with E-state index in [1.165, 1.54) is 0 Å². The monoisotopic (exact) mass is 501 g/mol. The Kier molecular flexibility index (Phi) is 9.48. The molecule has 0 saturated heterocycles. The highest BCUT2D eigenvalue weighted by atomic mass is 16.5. The van der Waals surface area contributed by atoms with Crippen LogP contribution in [-0.2, 0) is 27.5 Å². The number of hydrogen-bond acceptors (Lipinski definition) is 4. The quantitative estimate of drug-likeness (QED) is 0.368. The Hall–Kier alpha value is -3.64. The van der Waals surface area contributed by atoms with Gasteiger partial charge in [-0.1, -0.05) is 81.4 Å². The smallest absolute Gasteiger partial charge is 0.250 e. The molecule has 1 atom stereocenters. The van der Waals surface area contributed by atoms with E-state index in [1.807, 2.05) is 124 Å². The summed E-state index contributed by atoms with van der Waals surface area (Å²) in [5.74, 6) is -0.155. The van der Waals surface area contributed by atoms with Crippen molar-refractivity contribution in [3.8, 4) is 0 Å². The first-order chi connectivity index (χ1) is 17.6. The fourth-order valence-corrected chi connectivity index (χ4v) is 4.17. The van der Waals surface area contributed by atoms with Gasteiger partial charge >= 0.3 is 0 Å². The first-order valence-electron chi connectivity index (χ1n) is 12.6. The summed E-state index contributed by atoms with van der Waals surface area (Å²) in [6, 6.07) is 25.5. The van der Waals surface area contributed by atoms with E-state index in [-0.39, 0.29) is 24.5 Å². The molecule has 6 nitrogen and oxygen atoms in total. The lowest BCUT2D eigenvalue weighted by Crippen LogP contribution is -2.40. The topological polar surface area (TPSA) is 61.9 Å². The Morgan fingerprint density at radius 2 is 1.54 bits per heavy atom. The van der Waals surface area contributed by atoms with Crippen LogP contribution in [0.3, 0.4) is 0 Å². The third-order valence-electron chi connectivity index (χ3n) is 6.18. The zero-order valence-electron chi connectivity index (χ0n) is 22.8. The van der Waals surface area contributed by atoms with Gasteiger partial charge in [0.05, 0.1) is 12.6 Å². The number of amides is 2. The van der Waals surface area contributed by atoms with Crippen molar-refractivity contribution in [2.75, 3.05) is 30.9 Å². The molecule has 0 spiro atoms. The summed E-state index contributed by atoms with van der Waals surface area (Å²) in [6.45, 7) is 8.63. The third kappa shape index (κ3) is 7.92.